The molecule has 0 N–H and O–H groups in total. The Hall–Kier alpha value is -2.18. The lowest BCUT2D eigenvalue weighted by atomic mass is 9.90. The number of hydrogen-bond donors (Lipinski definition) is 0. The van der Waals surface area contributed by atoms with E-state index in [2.05, 4.69) is 47.1 Å². The van der Waals surface area contributed by atoms with E-state index < -0.39 is 0 Å². The van der Waals surface area contributed by atoms with Crippen molar-refractivity contribution in [2.45, 2.75) is 44.0 Å². The standard InChI is InChI=1S/C26H32N2O3S/c1-19-2-5-25-22(14-19)17-28(12-13-32-25)26(29)8-11-27-9-6-20(7-10-27)15-21-3-4-23-24(16-21)31-18-30-23/h2-5,14,16,20H,6-13,15,17-18H2,1H3. The highest BCUT2D eigenvalue weighted by Crippen LogP contribution is 2.34. The van der Waals surface area contributed by atoms with E-state index in [4.69, 9.17) is 9.47 Å². The molecule has 6 heteroatoms. The minimum absolute atomic E-state index is 0.294. The lowest BCUT2D eigenvalue weighted by Crippen LogP contribution is -2.38. The minimum Gasteiger partial charge on any atom is -0.454 e. The smallest absolute Gasteiger partial charge is 0.231 e. The molecule has 0 radical (unpaired) electrons. The van der Waals surface area contributed by atoms with E-state index >= 15 is 0 Å². The van der Waals surface area contributed by atoms with Crippen LogP contribution in [0.4, 0.5) is 0 Å². The van der Waals surface area contributed by atoms with Crippen molar-refractivity contribution in [2.24, 2.45) is 5.92 Å². The number of likely N-dealkylation sites (tertiary alicyclic amines) is 1. The van der Waals surface area contributed by atoms with E-state index in [1.165, 1.54) is 34.4 Å². The summed E-state index contributed by atoms with van der Waals surface area (Å²) in [5.41, 5.74) is 3.89. The molecular formula is C26H32N2O3S. The fraction of sp³-hybridized carbons (Fsp3) is 0.500. The molecule has 3 aliphatic heterocycles. The summed E-state index contributed by atoms with van der Waals surface area (Å²) in [5.74, 6) is 3.71. The summed E-state index contributed by atoms with van der Waals surface area (Å²) < 4.78 is 10.9. The first-order chi connectivity index (χ1) is 15.6. The van der Waals surface area contributed by atoms with Gasteiger partial charge < -0.3 is 19.3 Å². The summed E-state index contributed by atoms with van der Waals surface area (Å²) in [4.78, 5) is 18.8. The van der Waals surface area contributed by atoms with E-state index in [1.54, 1.807) is 0 Å². The summed E-state index contributed by atoms with van der Waals surface area (Å²) in [6, 6.07) is 12.9. The molecule has 0 aliphatic carbocycles. The number of amides is 1. The topological polar surface area (TPSA) is 42.0 Å². The van der Waals surface area contributed by atoms with Crippen molar-refractivity contribution in [1.82, 2.24) is 9.80 Å². The summed E-state index contributed by atoms with van der Waals surface area (Å²) in [6.07, 6.45) is 4.09. The van der Waals surface area contributed by atoms with Crippen LogP contribution in [-0.4, -0.2) is 54.4 Å². The van der Waals surface area contributed by atoms with Crippen LogP contribution < -0.4 is 9.47 Å². The van der Waals surface area contributed by atoms with Gasteiger partial charge in [-0.1, -0.05) is 23.8 Å². The van der Waals surface area contributed by atoms with Crippen LogP contribution in [0.1, 0.15) is 36.0 Å². The number of carbonyl (C=O) groups is 1. The number of aryl methyl sites for hydroxylation is 1. The van der Waals surface area contributed by atoms with Crippen LogP contribution in [0, 0.1) is 12.8 Å². The molecule has 2 aromatic carbocycles. The lowest BCUT2D eigenvalue weighted by molar-refractivity contribution is -0.132. The van der Waals surface area contributed by atoms with Gasteiger partial charge in [-0.05, 0) is 74.5 Å². The third kappa shape index (κ3) is 5.07. The third-order valence-electron chi connectivity index (χ3n) is 6.86. The highest BCUT2D eigenvalue weighted by Gasteiger charge is 2.23. The van der Waals surface area contributed by atoms with Crippen LogP contribution in [0.15, 0.2) is 41.3 Å². The van der Waals surface area contributed by atoms with Crippen molar-refractivity contribution < 1.29 is 14.3 Å². The number of benzene rings is 2. The Bertz CT molecular complexity index is 972. The van der Waals surface area contributed by atoms with Gasteiger partial charge in [-0.3, -0.25) is 4.79 Å². The normalized spacial score (nSPS) is 19.0. The average Bonchev–Trinajstić information content (AvgIpc) is 3.16. The molecular weight excluding hydrogens is 420 g/mol. The first kappa shape index (κ1) is 21.7. The monoisotopic (exact) mass is 452 g/mol. The van der Waals surface area contributed by atoms with Gasteiger partial charge in [0.25, 0.3) is 0 Å². The SMILES string of the molecule is Cc1ccc2c(c1)CN(C(=O)CCN1CCC(Cc3ccc4c(c3)OCO4)CC1)CCS2. The van der Waals surface area contributed by atoms with Gasteiger partial charge in [0.2, 0.25) is 12.7 Å². The molecule has 0 aromatic heterocycles. The third-order valence-corrected chi connectivity index (χ3v) is 7.96. The molecule has 1 fully saturated rings. The summed E-state index contributed by atoms with van der Waals surface area (Å²) in [5, 5.41) is 0. The van der Waals surface area contributed by atoms with E-state index in [-0.39, 0.29) is 0 Å². The number of ether oxygens (including phenoxy) is 2. The molecule has 1 saturated heterocycles. The second-order valence-corrected chi connectivity index (χ2v) is 10.3. The molecule has 5 nitrogen and oxygen atoms in total. The zero-order valence-corrected chi connectivity index (χ0v) is 19.7. The van der Waals surface area contributed by atoms with Gasteiger partial charge in [-0.15, -0.1) is 11.8 Å². The fourth-order valence-corrected chi connectivity index (χ4v) is 5.97. The lowest BCUT2D eigenvalue weighted by Gasteiger charge is -2.32. The second-order valence-electron chi connectivity index (χ2n) is 9.20. The van der Waals surface area contributed by atoms with Gasteiger partial charge >= 0.3 is 0 Å². The highest BCUT2D eigenvalue weighted by molar-refractivity contribution is 7.99. The molecule has 5 rings (SSSR count). The molecule has 1 amide bonds. The molecule has 3 aliphatic rings. The average molecular weight is 453 g/mol. The Labute approximate surface area is 195 Å². The van der Waals surface area contributed by atoms with E-state index in [1.807, 2.05) is 17.8 Å². The molecule has 0 spiro atoms. The number of piperidine rings is 1. The summed E-state index contributed by atoms with van der Waals surface area (Å²) >= 11 is 1.87. The van der Waals surface area contributed by atoms with Gasteiger partial charge in [0.15, 0.2) is 11.5 Å². The number of hydrogen-bond acceptors (Lipinski definition) is 5. The van der Waals surface area contributed by atoms with Crippen molar-refractivity contribution in [3.05, 3.63) is 53.1 Å². The largest absolute Gasteiger partial charge is 0.454 e. The van der Waals surface area contributed by atoms with Gasteiger partial charge in [0, 0.05) is 36.7 Å². The van der Waals surface area contributed by atoms with Crippen LogP contribution in [0.3, 0.4) is 0 Å². The maximum Gasteiger partial charge on any atom is 0.231 e. The highest BCUT2D eigenvalue weighted by atomic mass is 32.2. The molecule has 0 unspecified atom stereocenters. The first-order valence-electron chi connectivity index (χ1n) is 11.7. The van der Waals surface area contributed by atoms with Gasteiger partial charge in [-0.25, -0.2) is 0 Å². The van der Waals surface area contributed by atoms with Crippen LogP contribution >= 0.6 is 11.8 Å². The van der Waals surface area contributed by atoms with Crippen molar-refractivity contribution in [2.75, 3.05) is 38.7 Å². The quantitative estimate of drug-likeness (QED) is 0.668. The van der Waals surface area contributed by atoms with Gasteiger partial charge in [-0.2, -0.15) is 0 Å². The Balaban J connectivity index is 1.08. The predicted molar refractivity (Wildman–Crippen MR) is 127 cm³/mol. The number of carbonyl (C=O) groups excluding carboxylic acids is 1. The number of thioether (sulfide) groups is 1. The molecule has 3 heterocycles. The Morgan fingerprint density at radius 2 is 1.91 bits per heavy atom. The summed E-state index contributed by atoms with van der Waals surface area (Å²) in [6.45, 7) is 7.09. The minimum atomic E-state index is 0.294. The van der Waals surface area contributed by atoms with Crippen LogP contribution in [0.25, 0.3) is 0 Å². The van der Waals surface area contributed by atoms with Crippen molar-refractivity contribution >= 4 is 17.7 Å². The van der Waals surface area contributed by atoms with E-state index in [9.17, 15) is 4.79 Å². The van der Waals surface area contributed by atoms with Crippen molar-refractivity contribution in [3.63, 3.8) is 0 Å². The maximum atomic E-state index is 13.0. The number of rotatable bonds is 5. The molecule has 170 valence electrons. The fourth-order valence-electron chi connectivity index (χ4n) is 4.96. The van der Waals surface area contributed by atoms with Gasteiger partial charge in [0.1, 0.15) is 0 Å². The zero-order valence-electron chi connectivity index (χ0n) is 18.8. The van der Waals surface area contributed by atoms with Crippen LogP contribution in [0.5, 0.6) is 11.5 Å². The second kappa shape index (κ2) is 9.75. The van der Waals surface area contributed by atoms with Gasteiger partial charge in [0.05, 0.1) is 0 Å². The number of fused-ring (bicyclic) bond motifs is 2. The van der Waals surface area contributed by atoms with Crippen LogP contribution in [0.2, 0.25) is 0 Å². The van der Waals surface area contributed by atoms with Crippen molar-refractivity contribution in [3.8, 4) is 11.5 Å². The van der Waals surface area contributed by atoms with Crippen molar-refractivity contribution in [1.29, 1.82) is 0 Å². The molecule has 0 bridgehead atoms. The maximum absolute atomic E-state index is 13.0. The first-order valence-corrected chi connectivity index (χ1v) is 12.7. The van der Waals surface area contributed by atoms with E-state index in [0.29, 0.717) is 25.0 Å². The Morgan fingerprint density at radius 1 is 1.06 bits per heavy atom. The summed E-state index contributed by atoms with van der Waals surface area (Å²) in [7, 11) is 0. The Kier molecular flexibility index (Phi) is 6.60. The molecule has 0 atom stereocenters. The van der Waals surface area contributed by atoms with E-state index in [0.717, 1.165) is 56.4 Å². The number of nitrogens with zero attached hydrogens (tertiary/aromatic N) is 2. The molecule has 2 aromatic rings. The zero-order chi connectivity index (χ0) is 21.9. The molecule has 0 saturated carbocycles. The molecule has 32 heavy (non-hydrogen) atoms. The Morgan fingerprint density at radius 3 is 2.78 bits per heavy atom. The predicted octanol–water partition coefficient (Wildman–Crippen LogP) is 4.50. The van der Waals surface area contributed by atoms with Crippen LogP contribution in [-0.2, 0) is 17.8 Å².